The monoisotopic (exact) mass is 663 g/mol. The van der Waals surface area contributed by atoms with Gasteiger partial charge in [-0.1, -0.05) is 32.1 Å². The van der Waals surface area contributed by atoms with Crippen LogP contribution in [0.1, 0.15) is 109 Å². The Morgan fingerprint density at radius 3 is 1.42 bits per heavy atom. The van der Waals surface area contributed by atoms with Crippen LogP contribution in [0.5, 0.6) is 0 Å². The van der Waals surface area contributed by atoms with Crippen molar-refractivity contribution < 1.29 is 29.3 Å². The summed E-state index contributed by atoms with van der Waals surface area (Å²) in [5, 5.41) is 7.62. The Labute approximate surface area is 211 Å². The van der Waals surface area contributed by atoms with Crippen molar-refractivity contribution in [2.45, 2.75) is 131 Å². The number of hydrogen-bond acceptors (Lipinski definition) is 3. The van der Waals surface area contributed by atoms with E-state index in [-0.39, 0.29) is 0 Å². The third-order valence-corrected chi connectivity index (χ3v) is 15.0. The van der Waals surface area contributed by atoms with Crippen LogP contribution in [-0.2, 0) is 29.3 Å². The van der Waals surface area contributed by atoms with Gasteiger partial charge in [0.1, 0.15) is 0 Å². The summed E-state index contributed by atoms with van der Waals surface area (Å²) in [6, 6.07) is 0.936. The molecule has 0 aromatic rings. The Kier molecular flexibility index (Phi) is 17.6. The first-order chi connectivity index (χ1) is 15.9. The molecule has 0 fully saturated rings. The van der Waals surface area contributed by atoms with Gasteiger partial charge < -0.3 is 13.3 Å². The van der Waals surface area contributed by atoms with Gasteiger partial charge in [0.05, 0.1) is 0 Å². The number of allylic oxidation sites excluding steroid dienone is 4. The van der Waals surface area contributed by atoms with Gasteiger partial charge in [0.2, 0.25) is 0 Å². The Balaban J connectivity index is 1.84. The minimum absolute atomic E-state index is 0.936. The fraction of sp³-hybridized carbons (Fsp3) is 0.857. The molecular formula is C28H56O3PtSi. The second kappa shape index (κ2) is 18.5. The van der Waals surface area contributed by atoms with Gasteiger partial charge in [-0.25, -0.2) is 0 Å². The molecule has 33 heavy (non-hydrogen) atoms. The molecule has 0 radical (unpaired) electrons. The maximum Gasteiger partial charge on any atom is 0.0272 e. The summed E-state index contributed by atoms with van der Waals surface area (Å²) in [5.41, 5.74) is 1.71. The fourth-order valence-electron chi connectivity index (χ4n) is 4.73. The molecule has 5 heteroatoms. The smallest absolute Gasteiger partial charge is 0.0272 e. The molecular weight excluding hydrogens is 607 g/mol. The molecule has 0 bridgehead atoms. The molecule has 1 rings (SSSR count). The summed E-state index contributed by atoms with van der Waals surface area (Å²) >= 11 is -1.54. The number of hydrogen-bond donors (Lipinski definition) is 0. The van der Waals surface area contributed by atoms with E-state index in [0.717, 1.165) is 12.5 Å². The Morgan fingerprint density at radius 2 is 1.03 bits per heavy atom. The normalized spacial score (nSPS) is 15.1. The molecule has 1 aliphatic carbocycles. The molecule has 0 aromatic carbocycles. The molecule has 200 valence electrons. The number of rotatable bonds is 22. The summed E-state index contributed by atoms with van der Waals surface area (Å²) in [5.74, 6) is 0. The minimum atomic E-state index is -2.34. The summed E-state index contributed by atoms with van der Waals surface area (Å²) in [6.45, 7) is 0. The maximum absolute atomic E-state index is 5.49. The van der Waals surface area contributed by atoms with Crippen LogP contribution in [0.3, 0.4) is 0 Å². The summed E-state index contributed by atoms with van der Waals surface area (Å²) in [7, 11) is 2.77. The van der Waals surface area contributed by atoms with Crippen LogP contribution in [0, 0.1) is 0 Å². The SMILES string of the molecule is CO[Si](CCCCCCCCCCCCCCCCCC1=[C]([Pt]([CH3])([CH3])[CH3])CC=C1)(OC)OC. The van der Waals surface area contributed by atoms with E-state index in [2.05, 4.69) is 28.1 Å². The quantitative estimate of drug-likeness (QED) is 0.0853. The third-order valence-electron chi connectivity index (χ3n) is 6.87. The predicted molar refractivity (Wildman–Crippen MR) is 144 cm³/mol. The van der Waals surface area contributed by atoms with E-state index in [4.69, 9.17) is 13.3 Å². The van der Waals surface area contributed by atoms with Crippen molar-refractivity contribution in [3.05, 3.63) is 21.7 Å². The average Bonchev–Trinajstić information content (AvgIpc) is 3.28. The second-order valence-corrected chi connectivity index (χ2v) is 24.7. The largest absolute Gasteiger partial charge is 0.377 e. The van der Waals surface area contributed by atoms with Crippen LogP contribution < -0.4 is 0 Å². The predicted octanol–water partition coefficient (Wildman–Crippen LogP) is 9.62. The zero-order chi connectivity index (χ0) is 24.4. The third kappa shape index (κ3) is 13.8. The van der Waals surface area contributed by atoms with Crippen molar-refractivity contribution >= 4 is 8.80 Å². The molecule has 0 heterocycles. The second-order valence-electron chi connectivity index (χ2n) is 10.0. The van der Waals surface area contributed by atoms with E-state index in [1.807, 2.05) is 3.96 Å². The Hall–Kier alpha value is 0.265. The first kappa shape index (κ1) is 31.3. The Bertz CT molecular complexity index is 542. The molecule has 0 aromatic heterocycles. The van der Waals surface area contributed by atoms with Crippen molar-refractivity contribution in [3.63, 3.8) is 0 Å². The number of unbranched alkanes of at least 4 members (excludes halogenated alkanes) is 14. The molecule has 3 nitrogen and oxygen atoms in total. The van der Waals surface area contributed by atoms with Crippen molar-refractivity contribution in [1.82, 2.24) is 0 Å². The summed E-state index contributed by atoms with van der Waals surface area (Å²) < 4.78 is 18.3. The molecule has 0 spiro atoms. The summed E-state index contributed by atoms with van der Waals surface area (Å²) in [4.78, 5) is 0. The van der Waals surface area contributed by atoms with Crippen LogP contribution in [0.2, 0.25) is 22.0 Å². The van der Waals surface area contributed by atoms with E-state index in [0.29, 0.717) is 0 Å². The van der Waals surface area contributed by atoms with Gasteiger partial charge in [-0.3, -0.25) is 0 Å². The van der Waals surface area contributed by atoms with Gasteiger partial charge in [-0.2, -0.15) is 0 Å². The first-order valence-electron chi connectivity index (χ1n) is 13.3. The van der Waals surface area contributed by atoms with Crippen molar-refractivity contribution in [2.75, 3.05) is 21.3 Å². The van der Waals surface area contributed by atoms with Crippen molar-refractivity contribution in [1.29, 1.82) is 0 Å². The molecule has 0 N–H and O–H groups in total. The molecule has 0 saturated carbocycles. The molecule has 0 amide bonds. The summed E-state index contributed by atoms with van der Waals surface area (Å²) in [6.07, 6.45) is 28.2. The van der Waals surface area contributed by atoms with Crippen LogP contribution >= 0.6 is 0 Å². The van der Waals surface area contributed by atoms with Crippen molar-refractivity contribution in [2.24, 2.45) is 0 Å². The average molecular weight is 664 g/mol. The molecule has 0 saturated heterocycles. The topological polar surface area (TPSA) is 27.7 Å². The van der Waals surface area contributed by atoms with Gasteiger partial charge in [0, 0.05) is 27.4 Å². The van der Waals surface area contributed by atoms with E-state index in [1.165, 1.54) is 103 Å². The molecule has 1 aliphatic rings. The molecule has 0 unspecified atom stereocenters. The van der Waals surface area contributed by atoms with Crippen LogP contribution in [0.15, 0.2) is 21.7 Å². The van der Waals surface area contributed by atoms with Gasteiger partial charge in [0.25, 0.3) is 0 Å². The Morgan fingerprint density at radius 1 is 0.636 bits per heavy atom. The van der Waals surface area contributed by atoms with Gasteiger partial charge in [-0.05, 0) is 6.42 Å². The minimum Gasteiger partial charge on any atom is -0.377 e. The van der Waals surface area contributed by atoms with E-state index in [1.54, 1.807) is 26.9 Å². The van der Waals surface area contributed by atoms with Gasteiger partial charge in [0.15, 0.2) is 0 Å². The van der Waals surface area contributed by atoms with Crippen LogP contribution in [0.25, 0.3) is 0 Å². The standard InChI is InChI=1S/C25H47O3Si.3CH3.Pt/c1-26-29(27-2,28-3)24-20-16-14-12-10-8-6-4-5-7-9-11-13-15-17-21-25-22-18-19-23-25;;;;/h18,22H,4-17,19-21,24H2,1-3H3;3*1H3;. The molecule has 0 aliphatic heterocycles. The molecule has 0 atom stereocenters. The van der Waals surface area contributed by atoms with E-state index < -0.39 is 24.9 Å². The van der Waals surface area contributed by atoms with Crippen molar-refractivity contribution in [3.8, 4) is 0 Å². The van der Waals surface area contributed by atoms with E-state index in [9.17, 15) is 0 Å². The maximum atomic E-state index is 5.49. The zero-order valence-electron chi connectivity index (χ0n) is 22.9. The fourth-order valence-corrected chi connectivity index (χ4v) is 10.9. The first-order valence-corrected chi connectivity index (χ1v) is 23.2. The zero-order valence-corrected chi connectivity index (χ0v) is 26.2. The van der Waals surface area contributed by atoms with Crippen LogP contribution in [-0.4, -0.2) is 30.1 Å². The van der Waals surface area contributed by atoms with Crippen LogP contribution in [0.4, 0.5) is 0 Å². The van der Waals surface area contributed by atoms with Gasteiger partial charge in [-0.15, -0.1) is 0 Å². The van der Waals surface area contributed by atoms with E-state index >= 15 is 0 Å². The van der Waals surface area contributed by atoms with Gasteiger partial charge >= 0.3 is 133 Å².